The number of aromatic nitrogens is 3. The molecule has 0 radical (unpaired) electrons. The normalized spacial score (nSPS) is 11.8. The zero-order valence-electron chi connectivity index (χ0n) is 14.2. The number of methoxy groups -OCH3 is 2. The van der Waals surface area contributed by atoms with E-state index in [0.29, 0.717) is 27.7 Å². The molecule has 25 heavy (non-hydrogen) atoms. The fourth-order valence-electron chi connectivity index (χ4n) is 2.57. The van der Waals surface area contributed by atoms with Gasteiger partial charge in [-0.2, -0.15) is 9.61 Å². The Morgan fingerprint density at radius 2 is 2.00 bits per heavy atom. The molecule has 0 bridgehead atoms. The van der Waals surface area contributed by atoms with Crippen molar-refractivity contribution in [2.75, 3.05) is 14.2 Å². The van der Waals surface area contributed by atoms with Crippen molar-refractivity contribution >= 4 is 26.3 Å². The highest BCUT2D eigenvalue weighted by molar-refractivity contribution is 7.89. The van der Waals surface area contributed by atoms with Crippen molar-refractivity contribution in [1.29, 1.82) is 0 Å². The predicted octanol–water partition coefficient (Wildman–Crippen LogP) is 1.90. The summed E-state index contributed by atoms with van der Waals surface area (Å²) in [6.07, 6.45) is 0. The van der Waals surface area contributed by atoms with E-state index in [1.165, 1.54) is 30.1 Å². The number of imidazole rings is 1. The number of aryl methyl sites for hydroxylation is 2. The average molecular weight is 382 g/mol. The van der Waals surface area contributed by atoms with Crippen LogP contribution in [0, 0.1) is 13.8 Å². The number of para-hydroxylation sites is 1. The molecule has 1 N–H and O–H groups in total. The monoisotopic (exact) mass is 382 g/mol. The van der Waals surface area contributed by atoms with E-state index < -0.39 is 10.0 Å². The number of nitrogens with zero attached hydrogens (tertiary/aromatic N) is 3. The number of hydrogen-bond donors (Lipinski definition) is 1. The van der Waals surface area contributed by atoms with Crippen LogP contribution in [-0.2, 0) is 16.6 Å². The van der Waals surface area contributed by atoms with E-state index in [1.807, 2.05) is 0 Å². The van der Waals surface area contributed by atoms with Crippen molar-refractivity contribution in [1.82, 2.24) is 19.3 Å². The van der Waals surface area contributed by atoms with Crippen molar-refractivity contribution in [2.24, 2.45) is 0 Å². The Morgan fingerprint density at radius 3 is 2.68 bits per heavy atom. The molecular formula is C15H18N4O4S2. The summed E-state index contributed by atoms with van der Waals surface area (Å²) in [5.74, 6) is 1.03. The second-order valence-electron chi connectivity index (χ2n) is 5.30. The van der Waals surface area contributed by atoms with E-state index in [9.17, 15) is 8.42 Å². The molecular weight excluding hydrogens is 364 g/mol. The summed E-state index contributed by atoms with van der Waals surface area (Å²) in [6, 6.07) is 5.30. The van der Waals surface area contributed by atoms with Gasteiger partial charge in [-0.25, -0.2) is 18.1 Å². The fourth-order valence-corrected chi connectivity index (χ4v) is 4.69. The largest absolute Gasteiger partial charge is 0.493 e. The summed E-state index contributed by atoms with van der Waals surface area (Å²) < 4.78 is 40.1. The number of nitrogens with one attached hydrogen (secondary N) is 1. The van der Waals surface area contributed by atoms with Crippen LogP contribution < -0.4 is 14.2 Å². The minimum atomic E-state index is -3.81. The molecule has 8 nitrogen and oxygen atoms in total. The van der Waals surface area contributed by atoms with Gasteiger partial charge in [0.1, 0.15) is 5.01 Å². The number of ether oxygens (including phenoxy) is 2. The van der Waals surface area contributed by atoms with Crippen molar-refractivity contribution < 1.29 is 17.9 Å². The Bertz CT molecular complexity index is 1020. The molecule has 0 fully saturated rings. The number of benzene rings is 1. The molecule has 0 spiro atoms. The van der Waals surface area contributed by atoms with Crippen LogP contribution in [0.1, 0.15) is 16.3 Å². The topological polar surface area (TPSA) is 94.8 Å². The van der Waals surface area contributed by atoms with Crippen LogP contribution in [0.25, 0.3) is 4.96 Å². The van der Waals surface area contributed by atoms with Gasteiger partial charge in [0.15, 0.2) is 16.5 Å². The molecule has 0 aliphatic heterocycles. The lowest BCUT2D eigenvalue weighted by molar-refractivity contribution is 0.351. The van der Waals surface area contributed by atoms with E-state index in [2.05, 4.69) is 14.8 Å². The van der Waals surface area contributed by atoms with Crippen LogP contribution in [0.3, 0.4) is 0 Å². The van der Waals surface area contributed by atoms with Gasteiger partial charge in [-0.1, -0.05) is 23.5 Å². The van der Waals surface area contributed by atoms with Crippen LogP contribution in [-0.4, -0.2) is 37.2 Å². The van der Waals surface area contributed by atoms with Crippen LogP contribution >= 0.6 is 11.3 Å². The van der Waals surface area contributed by atoms with Crippen molar-refractivity contribution in [3.8, 4) is 11.5 Å². The number of hydrogen-bond acceptors (Lipinski definition) is 7. The summed E-state index contributed by atoms with van der Waals surface area (Å²) in [6.45, 7) is 3.51. The second kappa shape index (κ2) is 6.62. The minimum Gasteiger partial charge on any atom is -0.493 e. The first-order chi connectivity index (χ1) is 11.9. The standard InChI is InChI=1S/C15H18N4O4S2/c1-9-14(19-15(17-9)24-10(2)18-19)25(20,21)16-8-11-6-5-7-12(22-3)13(11)23-4/h5-7,16H,8H2,1-4H3. The van der Waals surface area contributed by atoms with E-state index in [1.54, 1.807) is 32.0 Å². The zero-order chi connectivity index (χ0) is 18.2. The summed E-state index contributed by atoms with van der Waals surface area (Å²) in [5.41, 5.74) is 1.07. The quantitative estimate of drug-likeness (QED) is 0.700. The number of sulfonamides is 1. The lowest BCUT2D eigenvalue weighted by atomic mass is 10.2. The molecule has 3 rings (SSSR count). The molecule has 0 amide bonds. The SMILES string of the molecule is COc1cccc(CNS(=O)(=O)c2c(C)nc3sc(C)nn23)c1OC. The molecule has 134 valence electrons. The van der Waals surface area contributed by atoms with Crippen LogP contribution in [0.15, 0.2) is 23.2 Å². The van der Waals surface area contributed by atoms with Crippen molar-refractivity contribution in [2.45, 2.75) is 25.4 Å². The van der Waals surface area contributed by atoms with Gasteiger partial charge in [0.25, 0.3) is 10.0 Å². The van der Waals surface area contributed by atoms with Gasteiger partial charge in [-0.3, -0.25) is 0 Å². The summed E-state index contributed by atoms with van der Waals surface area (Å²) in [7, 11) is -0.762. The highest BCUT2D eigenvalue weighted by Crippen LogP contribution is 2.31. The first kappa shape index (κ1) is 17.6. The Morgan fingerprint density at radius 1 is 1.24 bits per heavy atom. The van der Waals surface area contributed by atoms with E-state index in [0.717, 1.165) is 5.01 Å². The van der Waals surface area contributed by atoms with Gasteiger partial charge < -0.3 is 9.47 Å². The minimum absolute atomic E-state index is 0.0497. The smallest absolute Gasteiger partial charge is 0.260 e. The average Bonchev–Trinajstić information content (AvgIpc) is 3.06. The molecule has 0 atom stereocenters. The molecule has 0 unspecified atom stereocenters. The third-order valence-corrected chi connectivity index (χ3v) is 5.94. The molecule has 2 heterocycles. The lowest BCUT2D eigenvalue weighted by Gasteiger charge is -2.13. The van der Waals surface area contributed by atoms with Gasteiger partial charge in [0.2, 0.25) is 4.96 Å². The molecule has 0 saturated heterocycles. The van der Waals surface area contributed by atoms with Crippen molar-refractivity contribution in [3.05, 3.63) is 34.5 Å². The van der Waals surface area contributed by atoms with E-state index >= 15 is 0 Å². The van der Waals surface area contributed by atoms with Gasteiger partial charge in [-0.15, -0.1) is 0 Å². The molecule has 3 aromatic rings. The first-order valence-corrected chi connectivity index (χ1v) is 9.69. The second-order valence-corrected chi connectivity index (χ2v) is 8.14. The zero-order valence-corrected chi connectivity index (χ0v) is 15.9. The maximum absolute atomic E-state index is 12.8. The maximum atomic E-state index is 12.8. The number of rotatable bonds is 6. The molecule has 2 aromatic heterocycles. The fraction of sp³-hybridized carbons (Fsp3) is 0.333. The molecule has 0 saturated carbocycles. The third-order valence-electron chi connectivity index (χ3n) is 3.62. The summed E-state index contributed by atoms with van der Waals surface area (Å²) in [5, 5.41) is 5.02. The van der Waals surface area contributed by atoms with Crippen LogP contribution in [0.2, 0.25) is 0 Å². The summed E-state index contributed by atoms with van der Waals surface area (Å²) in [4.78, 5) is 4.82. The van der Waals surface area contributed by atoms with Crippen LogP contribution in [0.5, 0.6) is 11.5 Å². The van der Waals surface area contributed by atoms with Gasteiger partial charge >= 0.3 is 0 Å². The number of fused-ring (bicyclic) bond motifs is 1. The maximum Gasteiger partial charge on any atom is 0.260 e. The highest BCUT2D eigenvalue weighted by atomic mass is 32.2. The van der Waals surface area contributed by atoms with Crippen molar-refractivity contribution in [3.63, 3.8) is 0 Å². The molecule has 10 heteroatoms. The molecule has 1 aromatic carbocycles. The Balaban J connectivity index is 1.93. The summed E-state index contributed by atoms with van der Waals surface area (Å²) >= 11 is 1.34. The van der Waals surface area contributed by atoms with Gasteiger partial charge in [0.05, 0.1) is 19.9 Å². The van der Waals surface area contributed by atoms with Crippen LogP contribution in [0.4, 0.5) is 0 Å². The Labute approximate surface area is 149 Å². The van der Waals surface area contributed by atoms with Gasteiger partial charge in [-0.05, 0) is 19.9 Å². The lowest BCUT2D eigenvalue weighted by Crippen LogP contribution is -2.25. The Kier molecular flexibility index (Phi) is 4.67. The molecule has 0 aliphatic rings. The molecule has 0 aliphatic carbocycles. The Hall–Kier alpha value is -2.17. The highest BCUT2D eigenvalue weighted by Gasteiger charge is 2.25. The third kappa shape index (κ3) is 3.20. The van der Waals surface area contributed by atoms with Gasteiger partial charge in [0, 0.05) is 12.1 Å². The first-order valence-electron chi connectivity index (χ1n) is 7.39. The van der Waals surface area contributed by atoms with E-state index in [-0.39, 0.29) is 11.6 Å². The predicted molar refractivity (Wildman–Crippen MR) is 93.9 cm³/mol. The van der Waals surface area contributed by atoms with E-state index in [4.69, 9.17) is 9.47 Å².